The van der Waals surface area contributed by atoms with Crippen molar-refractivity contribution in [3.63, 3.8) is 0 Å². The van der Waals surface area contributed by atoms with Gasteiger partial charge in [-0.05, 0) is 48.2 Å². The van der Waals surface area contributed by atoms with Crippen LogP contribution in [0.2, 0.25) is 0 Å². The molecule has 0 aliphatic carbocycles. The molecular weight excluding hydrogens is 224 g/mol. The molecule has 0 saturated heterocycles. The van der Waals surface area contributed by atoms with Crippen molar-refractivity contribution in [3.05, 3.63) is 59.2 Å². The molecule has 0 amide bonds. The SMILES string of the molecule is COC(=O)c1cccc(-c2ccc(C)c(C)c2)c1. The van der Waals surface area contributed by atoms with Gasteiger partial charge in [0.25, 0.3) is 0 Å². The van der Waals surface area contributed by atoms with Gasteiger partial charge in [0.05, 0.1) is 12.7 Å². The fraction of sp³-hybridized carbons (Fsp3) is 0.188. The van der Waals surface area contributed by atoms with Gasteiger partial charge < -0.3 is 4.74 Å². The first-order chi connectivity index (χ1) is 8.61. The normalized spacial score (nSPS) is 10.2. The second-order valence-corrected chi connectivity index (χ2v) is 4.37. The average molecular weight is 240 g/mol. The molecule has 0 aromatic heterocycles. The van der Waals surface area contributed by atoms with Gasteiger partial charge >= 0.3 is 5.97 Å². The lowest BCUT2D eigenvalue weighted by molar-refractivity contribution is 0.0601. The van der Waals surface area contributed by atoms with Crippen molar-refractivity contribution in [1.29, 1.82) is 0 Å². The Hall–Kier alpha value is -2.09. The van der Waals surface area contributed by atoms with Crippen LogP contribution in [0.4, 0.5) is 0 Å². The van der Waals surface area contributed by atoms with E-state index in [1.807, 2.05) is 18.2 Å². The summed E-state index contributed by atoms with van der Waals surface area (Å²) in [6.07, 6.45) is 0. The van der Waals surface area contributed by atoms with Crippen LogP contribution in [0.15, 0.2) is 42.5 Å². The number of rotatable bonds is 2. The van der Waals surface area contributed by atoms with Gasteiger partial charge in [0, 0.05) is 0 Å². The van der Waals surface area contributed by atoms with E-state index in [0.29, 0.717) is 5.56 Å². The standard InChI is InChI=1S/C16H16O2/c1-11-7-8-14(9-12(11)2)13-5-4-6-15(10-13)16(17)18-3/h4-10H,1-3H3. The number of carbonyl (C=O) groups is 1. The lowest BCUT2D eigenvalue weighted by Crippen LogP contribution is -2.00. The summed E-state index contributed by atoms with van der Waals surface area (Å²) < 4.78 is 4.73. The molecule has 0 spiro atoms. The van der Waals surface area contributed by atoms with Crippen LogP contribution in [0.5, 0.6) is 0 Å². The summed E-state index contributed by atoms with van der Waals surface area (Å²) in [5, 5.41) is 0. The Morgan fingerprint density at radius 1 is 0.944 bits per heavy atom. The number of aryl methyl sites for hydroxylation is 2. The summed E-state index contributed by atoms with van der Waals surface area (Å²) in [6.45, 7) is 4.17. The van der Waals surface area contributed by atoms with Gasteiger partial charge in [0.15, 0.2) is 0 Å². The van der Waals surface area contributed by atoms with E-state index >= 15 is 0 Å². The highest BCUT2D eigenvalue weighted by Gasteiger charge is 2.07. The van der Waals surface area contributed by atoms with Crippen LogP contribution in [0.25, 0.3) is 11.1 Å². The number of ether oxygens (including phenoxy) is 1. The van der Waals surface area contributed by atoms with E-state index in [2.05, 4.69) is 32.0 Å². The zero-order valence-corrected chi connectivity index (χ0v) is 10.9. The molecule has 92 valence electrons. The van der Waals surface area contributed by atoms with E-state index in [1.165, 1.54) is 18.2 Å². The van der Waals surface area contributed by atoms with Crippen molar-refractivity contribution in [2.24, 2.45) is 0 Å². The molecule has 2 rings (SSSR count). The highest BCUT2D eigenvalue weighted by molar-refractivity contribution is 5.91. The number of benzene rings is 2. The summed E-state index contributed by atoms with van der Waals surface area (Å²) in [5.41, 5.74) is 5.23. The summed E-state index contributed by atoms with van der Waals surface area (Å²) in [4.78, 5) is 11.5. The van der Waals surface area contributed by atoms with Gasteiger partial charge in [-0.1, -0.05) is 30.3 Å². The molecule has 0 saturated carbocycles. The van der Waals surface area contributed by atoms with E-state index in [1.54, 1.807) is 6.07 Å². The van der Waals surface area contributed by atoms with E-state index in [0.717, 1.165) is 11.1 Å². The van der Waals surface area contributed by atoms with Crippen molar-refractivity contribution in [1.82, 2.24) is 0 Å². The number of esters is 1. The minimum atomic E-state index is -0.305. The Kier molecular flexibility index (Phi) is 3.47. The molecule has 0 N–H and O–H groups in total. The van der Waals surface area contributed by atoms with Crippen LogP contribution < -0.4 is 0 Å². The topological polar surface area (TPSA) is 26.3 Å². The molecule has 0 unspecified atom stereocenters. The quantitative estimate of drug-likeness (QED) is 0.747. The smallest absolute Gasteiger partial charge is 0.337 e. The Morgan fingerprint density at radius 2 is 1.67 bits per heavy atom. The van der Waals surface area contributed by atoms with E-state index in [-0.39, 0.29) is 5.97 Å². The first-order valence-corrected chi connectivity index (χ1v) is 5.88. The molecule has 18 heavy (non-hydrogen) atoms. The Labute approximate surface area is 107 Å². The lowest BCUT2D eigenvalue weighted by atomic mass is 9.99. The highest BCUT2D eigenvalue weighted by Crippen LogP contribution is 2.23. The van der Waals surface area contributed by atoms with Gasteiger partial charge in [-0.3, -0.25) is 0 Å². The lowest BCUT2D eigenvalue weighted by Gasteiger charge is -2.07. The second kappa shape index (κ2) is 5.05. The number of hydrogen-bond acceptors (Lipinski definition) is 2. The highest BCUT2D eigenvalue weighted by atomic mass is 16.5. The first kappa shape index (κ1) is 12.4. The van der Waals surface area contributed by atoms with Crippen LogP contribution >= 0.6 is 0 Å². The molecule has 0 heterocycles. The molecule has 0 aliphatic heterocycles. The van der Waals surface area contributed by atoms with Crippen LogP contribution in [0, 0.1) is 13.8 Å². The third-order valence-electron chi connectivity index (χ3n) is 3.12. The Bertz CT molecular complexity index is 585. The minimum Gasteiger partial charge on any atom is -0.465 e. The first-order valence-electron chi connectivity index (χ1n) is 5.88. The summed E-state index contributed by atoms with van der Waals surface area (Å²) in [7, 11) is 1.39. The fourth-order valence-corrected chi connectivity index (χ4v) is 1.86. The molecule has 0 atom stereocenters. The fourth-order valence-electron chi connectivity index (χ4n) is 1.86. The van der Waals surface area contributed by atoms with Crippen molar-refractivity contribution >= 4 is 5.97 Å². The maximum Gasteiger partial charge on any atom is 0.337 e. The largest absolute Gasteiger partial charge is 0.465 e. The number of hydrogen-bond donors (Lipinski definition) is 0. The zero-order valence-electron chi connectivity index (χ0n) is 10.9. The van der Waals surface area contributed by atoms with Crippen molar-refractivity contribution in [2.45, 2.75) is 13.8 Å². The zero-order chi connectivity index (χ0) is 13.1. The van der Waals surface area contributed by atoms with Crippen LogP contribution in [0.3, 0.4) is 0 Å². The summed E-state index contributed by atoms with van der Waals surface area (Å²) in [5.74, 6) is -0.305. The van der Waals surface area contributed by atoms with Crippen molar-refractivity contribution in [2.75, 3.05) is 7.11 Å². The minimum absolute atomic E-state index is 0.305. The molecule has 0 fully saturated rings. The van der Waals surface area contributed by atoms with Gasteiger partial charge in [-0.15, -0.1) is 0 Å². The van der Waals surface area contributed by atoms with E-state index in [9.17, 15) is 4.79 Å². The second-order valence-electron chi connectivity index (χ2n) is 4.37. The molecule has 2 aromatic carbocycles. The molecular formula is C16H16O2. The van der Waals surface area contributed by atoms with Crippen molar-refractivity contribution < 1.29 is 9.53 Å². The van der Waals surface area contributed by atoms with Gasteiger partial charge in [-0.25, -0.2) is 4.79 Å². The maximum absolute atomic E-state index is 11.5. The summed E-state index contributed by atoms with van der Waals surface area (Å²) >= 11 is 0. The van der Waals surface area contributed by atoms with Crippen LogP contribution in [-0.4, -0.2) is 13.1 Å². The number of methoxy groups -OCH3 is 1. The molecule has 2 heteroatoms. The monoisotopic (exact) mass is 240 g/mol. The molecule has 0 aliphatic rings. The van der Waals surface area contributed by atoms with Gasteiger partial charge in [-0.2, -0.15) is 0 Å². The average Bonchev–Trinajstić information content (AvgIpc) is 2.41. The maximum atomic E-state index is 11.5. The predicted octanol–water partition coefficient (Wildman–Crippen LogP) is 3.76. The molecule has 2 nitrogen and oxygen atoms in total. The van der Waals surface area contributed by atoms with Gasteiger partial charge in [0.1, 0.15) is 0 Å². The predicted molar refractivity (Wildman–Crippen MR) is 72.7 cm³/mol. The summed E-state index contributed by atoms with van der Waals surface area (Å²) in [6, 6.07) is 13.8. The molecule has 2 aromatic rings. The van der Waals surface area contributed by atoms with Crippen molar-refractivity contribution in [3.8, 4) is 11.1 Å². The Morgan fingerprint density at radius 3 is 2.33 bits per heavy atom. The van der Waals surface area contributed by atoms with Crippen LogP contribution in [-0.2, 0) is 4.74 Å². The third-order valence-corrected chi connectivity index (χ3v) is 3.12. The van der Waals surface area contributed by atoms with Crippen LogP contribution in [0.1, 0.15) is 21.5 Å². The van der Waals surface area contributed by atoms with E-state index in [4.69, 9.17) is 4.74 Å². The Balaban J connectivity index is 2.44. The van der Waals surface area contributed by atoms with E-state index < -0.39 is 0 Å². The number of carbonyl (C=O) groups excluding carboxylic acids is 1. The molecule has 0 bridgehead atoms. The molecule has 0 radical (unpaired) electrons. The van der Waals surface area contributed by atoms with Gasteiger partial charge in [0.2, 0.25) is 0 Å². The third kappa shape index (κ3) is 2.43.